The highest BCUT2D eigenvalue weighted by atomic mass is 32.2. The van der Waals surface area contributed by atoms with E-state index in [1.165, 1.54) is 50.3 Å². The topological polar surface area (TPSA) is 66.5 Å². The number of anilines is 1. The zero-order valence-corrected chi connectivity index (χ0v) is 13.8. The molecule has 22 heavy (non-hydrogen) atoms. The molecule has 0 spiro atoms. The number of guanidine groups is 1. The zero-order valence-electron chi connectivity index (χ0n) is 13.0. The molecule has 0 atom stereocenters. The summed E-state index contributed by atoms with van der Waals surface area (Å²) in [6.07, 6.45) is 6.87. The van der Waals surface area contributed by atoms with Crippen molar-refractivity contribution in [3.63, 3.8) is 0 Å². The van der Waals surface area contributed by atoms with Gasteiger partial charge < -0.3 is 11.1 Å². The predicted molar refractivity (Wildman–Crippen MR) is 94.4 cm³/mol. The molecule has 2 heterocycles. The lowest BCUT2D eigenvalue weighted by atomic mass is 9.95. The summed E-state index contributed by atoms with van der Waals surface area (Å²) in [5.41, 5.74) is 6.28. The van der Waals surface area contributed by atoms with Gasteiger partial charge in [0.05, 0.1) is 6.54 Å². The van der Waals surface area contributed by atoms with Gasteiger partial charge in [-0.2, -0.15) is 11.8 Å². The van der Waals surface area contributed by atoms with Crippen LogP contribution in [-0.4, -0.2) is 52.5 Å². The Morgan fingerprint density at radius 2 is 2.09 bits per heavy atom. The van der Waals surface area contributed by atoms with Gasteiger partial charge in [0, 0.05) is 36.3 Å². The van der Waals surface area contributed by atoms with Crippen LogP contribution in [0.1, 0.15) is 25.7 Å². The molecule has 1 saturated carbocycles. The summed E-state index contributed by atoms with van der Waals surface area (Å²) >= 11 is 2.06. The molecule has 5 nitrogen and oxygen atoms in total. The van der Waals surface area contributed by atoms with Gasteiger partial charge in [-0.1, -0.05) is 18.9 Å². The molecule has 2 aliphatic rings. The normalized spacial score (nSPS) is 22.6. The summed E-state index contributed by atoms with van der Waals surface area (Å²) in [5, 5.41) is 3.08. The summed E-state index contributed by atoms with van der Waals surface area (Å²) in [6.45, 7) is 3.17. The van der Waals surface area contributed by atoms with Crippen LogP contribution in [0.2, 0.25) is 0 Å². The predicted octanol–water partition coefficient (Wildman–Crippen LogP) is 2.17. The molecule has 0 aromatic carbocycles. The molecule has 1 aromatic rings. The van der Waals surface area contributed by atoms with Crippen molar-refractivity contribution in [2.45, 2.75) is 31.2 Å². The second kappa shape index (κ2) is 7.33. The van der Waals surface area contributed by atoms with Crippen LogP contribution in [0.25, 0.3) is 0 Å². The summed E-state index contributed by atoms with van der Waals surface area (Å²) < 4.78 is 0. The fourth-order valence-corrected chi connectivity index (χ4v) is 4.39. The van der Waals surface area contributed by atoms with Gasteiger partial charge in [0.2, 0.25) is 0 Å². The van der Waals surface area contributed by atoms with Crippen molar-refractivity contribution in [1.29, 1.82) is 0 Å². The Balaban J connectivity index is 1.64. The largest absolute Gasteiger partial charge is 0.370 e. The zero-order chi connectivity index (χ0) is 15.3. The number of rotatable bonds is 4. The molecule has 2 fully saturated rings. The molecule has 120 valence electrons. The lowest BCUT2D eigenvalue weighted by molar-refractivity contribution is 0.112. The van der Waals surface area contributed by atoms with Gasteiger partial charge in [-0.15, -0.1) is 0 Å². The van der Waals surface area contributed by atoms with Crippen LogP contribution in [0.4, 0.5) is 5.82 Å². The molecule has 0 radical (unpaired) electrons. The monoisotopic (exact) mass is 319 g/mol. The lowest BCUT2D eigenvalue weighted by Crippen LogP contribution is -2.52. The SMILES string of the molecule is NC(=NCC1(N2CCSCC2)CCCC1)Nc1ccccn1. The van der Waals surface area contributed by atoms with Crippen molar-refractivity contribution in [3.8, 4) is 0 Å². The average molecular weight is 319 g/mol. The number of thioether (sulfide) groups is 1. The molecule has 1 aromatic heterocycles. The van der Waals surface area contributed by atoms with E-state index in [0.717, 1.165) is 12.4 Å². The third kappa shape index (κ3) is 3.73. The van der Waals surface area contributed by atoms with Crippen molar-refractivity contribution in [1.82, 2.24) is 9.88 Å². The molecule has 0 amide bonds. The second-order valence-electron chi connectivity index (χ2n) is 6.07. The molecule has 0 bridgehead atoms. The van der Waals surface area contributed by atoms with Crippen molar-refractivity contribution >= 4 is 23.5 Å². The van der Waals surface area contributed by atoms with Crippen molar-refractivity contribution < 1.29 is 0 Å². The van der Waals surface area contributed by atoms with Crippen LogP contribution in [0.3, 0.4) is 0 Å². The van der Waals surface area contributed by atoms with Gasteiger partial charge >= 0.3 is 0 Å². The van der Waals surface area contributed by atoms with Gasteiger partial charge in [-0.25, -0.2) is 4.98 Å². The molecule has 0 unspecified atom stereocenters. The number of nitrogens with one attached hydrogen (secondary N) is 1. The summed E-state index contributed by atoms with van der Waals surface area (Å²) in [7, 11) is 0. The Morgan fingerprint density at radius 1 is 1.32 bits per heavy atom. The van der Waals surface area contributed by atoms with E-state index in [1.54, 1.807) is 6.20 Å². The summed E-state index contributed by atoms with van der Waals surface area (Å²) in [4.78, 5) is 11.5. The number of nitrogens with two attached hydrogens (primary N) is 1. The van der Waals surface area contributed by atoms with Crippen LogP contribution >= 0.6 is 11.8 Å². The van der Waals surface area contributed by atoms with E-state index in [0.29, 0.717) is 5.96 Å². The Bertz CT molecular complexity index is 493. The highest BCUT2D eigenvalue weighted by Gasteiger charge is 2.39. The number of hydrogen-bond donors (Lipinski definition) is 2. The van der Waals surface area contributed by atoms with E-state index in [2.05, 4.69) is 32.0 Å². The Hall–Kier alpha value is -1.27. The van der Waals surface area contributed by atoms with Gasteiger partial charge in [0.15, 0.2) is 5.96 Å². The number of pyridine rings is 1. The first-order valence-corrected chi connectivity index (χ1v) is 9.25. The highest BCUT2D eigenvalue weighted by Crippen LogP contribution is 2.37. The van der Waals surface area contributed by atoms with Gasteiger partial charge in [0.25, 0.3) is 0 Å². The molecule has 3 rings (SSSR count). The minimum Gasteiger partial charge on any atom is -0.370 e. The lowest BCUT2D eigenvalue weighted by Gasteiger charge is -2.42. The van der Waals surface area contributed by atoms with E-state index in [-0.39, 0.29) is 5.54 Å². The maximum atomic E-state index is 6.05. The third-order valence-corrected chi connectivity index (χ3v) is 5.62. The quantitative estimate of drug-likeness (QED) is 0.658. The van der Waals surface area contributed by atoms with Crippen LogP contribution in [0.5, 0.6) is 0 Å². The van der Waals surface area contributed by atoms with E-state index in [9.17, 15) is 0 Å². The Labute approximate surface area is 136 Å². The number of aliphatic imine (C=N–C) groups is 1. The molecular weight excluding hydrogens is 294 g/mol. The third-order valence-electron chi connectivity index (χ3n) is 4.68. The maximum absolute atomic E-state index is 6.05. The fraction of sp³-hybridized carbons (Fsp3) is 0.625. The maximum Gasteiger partial charge on any atom is 0.194 e. The fourth-order valence-electron chi connectivity index (χ4n) is 3.48. The molecule has 1 saturated heterocycles. The van der Waals surface area contributed by atoms with Crippen LogP contribution in [0.15, 0.2) is 29.4 Å². The minimum atomic E-state index is 0.234. The smallest absolute Gasteiger partial charge is 0.194 e. The van der Waals surface area contributed by atoms with Crippen LogP contribution in [-0.2, 0) is 0 Å². The summed E-state index contributed by atoms with van der Waals surface area (Å²) in [5.74, 6) is 3.70. The minimum absolute atomic E-state index is 0.234. The molecular formula is C16H25N5S. The van der Waals surface area contributed by atoms with Crippen molar-refractivity contribution in [3.05, 3.63) is 24.4 Å². The van der Waals surface area contributed by atoms with Gasteiger partial charge in [-0.3, -0.25) is 9.89 Å². The van der Waals surface area contributed by atoms with E-state index in [4.69, 9.17) is 5.73 Å². The van der Waals surface area contributed by atoms with Gasteiger partial charge in [-0.05, 0) is 25.0 Å². The first kappa shape index (κ1) is 15.6. The summed E-state index contributed by atoms with van der Waals surface area (Å²) in [6, 6.07) is 5.72. The van der Waals surface area contributed by atoms with Crippen molar-refractivity contribution in [2.75, 3.05) is 36.5 Å². The number of nitrogens with zero attached hydrogens (tertiary/aromatic N) is 3. The Kier molecular flexibility index (Phi) is 5.20. The molecule has 1 aliphatic carbocycles. The first-order valence-electron chi connectivity index (χ1n) is 8.09. The molecule has 1 aliphatic heterocycles. The molecule has 3 N–H and O–H groups in total. The average Bonchev–Trinajstić information content (AvgIpc) is 3.05. The number of hydrogen-bond acceptors (Lipinski definition) is 4. The van der Waals surface area contributed by atoms with Crippen molar-refractivity contribution in [2.24, 2.45) is 10.7 Å². The standard InChI is InChI=1S/C16H25N5S/c17-15(20-14-5-1-4-8-18-14)19-13-16(6-2-3-7-16)21-9-11-22-12-10-21/h1,4-5,8H,2-3,6-7,9-13H2,(H3,17,18,19,20). The van der Waals surface area contributed by atoms with Crippen LogP contribution < -0.4 is 11.1 Å². The molecule has 6 heteroatoms. The van der Waals surface area contributed by atoms with E-state index < -0.39 is 0 Å². The first-order chi connectivity index (χ1) is 10.8. The Morgan fingerprint density at radius 3 is 2.77 bits per heavy atom. The highest BCUT2D eigenvalue weighted by molar-refractivity contribution is 7.99. The van der Waals surface area contributed by atoms with Crippen LogP contribution in [0, 0.1) is 0 Å². The van der Waals surface area contributed by atoms with Gasteiger partial charge in [0.1, 0.15) is 5.82 Å². The number of aromatic nitrogens is 1. The van der Waals surface area contributed by atoms with E-state index in [1.807, 2.05) is 18.2 Å². The van der Waals surface area contributed by atoms with E-state index >= 15 is 0 Å². The second-order valence-corrected chi connectivity index (χ2v) is 7.30.